The molecule has 0 radical (unpaired) electrons. The molecule has 1 aromatic carbocycles. The van der Waals surface area contributed by atoms with E-state index in [1.165, 1.54) is 5.56 Å². The summed E-state index contributed by atoms with van der Waals surface area (Å²) in [5.74, 6) is 0.417. The first-order chi connectivity index (χ1) is 6.91. The van der Waals surface area contributed by atoms with Crippen LogP contribution < -0.4 is 0 Å². The van der Waals surface area contributed by atoms with Crippen LogP contribution in [0.25, 0.3) is 0 Å². The van der Waals surface area contributed by atoms with Crippen LogP contribution in [0, 0.1) is 5.41 Å². The molecule has 0 amide bonds. The zero-order chi connectivity index (χ0) is 11.5. The summed E-state index contributed by atoms with van der Waals surface area (Å²) in [6.45, 7) is 8.41. The van der Waals surface area contributed by atoms with E-state index in [0.29, 0.717) is 5.92 Å². The Kier molecular flexibility index (Phi) is 3.92. The largest absolute Gasteiger partial charge is 0.393 e. The fraction of sp³-hybridized carbons (Fsp3) is 0.571. The van der Waals surface area contributed by atoms with E-state index in [1.807, 2.05) is 6.07 Å². The highest BCUT2D eigenvalue weighted by molar-refractivity contribution is 5.18. The zero-order valence-corrected chi connectivity index (χ0v) is 10.2. The third kappa shape index (κ3) is 3.67. The Hall–Kier alpha value is -0.820. The smallest absolute Gasteiger partial charge is 0.0594 e. The fourth-order valence-corrected chi connectivity index (χ4v) is 1.61. The quantitative estimate of drug-likeness (QED) is 0.801. The van der Waals surface area contributed by atoms with Crippen molar-refractivity contribution in [3.63, 3.8) is 0 Å². The van der Waals surface area contributed by atoms with Crippen LogP contribution in [0.2, 0.25) is 0 Å². The van der Waals surface area contributed by atoms with E-state index in [2.05, 4.69) is 52.0 Å². The van der Waals surface area contributed by atoms with Gasteiger partial charge in [0.1, 0.15) is 0 Å². The lowest BCUT2D eigenvalue weighted by atomic mass is 9.82. The lowest BCUT2D eigenvalue weighted by molar-refractivity contribution is 0.0507. The molecule has 0 saturated heterocycles. The van der Waals surface area contributed by atoms with Crippen LogP contribution in [0.15, 0.2) is 30.3 Å². The van der Waals surface area contributed by atoms with Crippen molar-refractivity contribution in [1.82, 2.24) is 0 Å². The molecule has 0 heterocycles. The molecular weight excluding hydrogens is 184 g/mol. The lowest BCUT2D eigenvalue weighted by Crippen LogP contribution is -2.27. The maximum absolute atomic E-state index is 10.0. The summed E-state index contributed by atoms with van der Waals surface area (Å²) in [6.07, 6.45) is 0.584. The Bertz CT molecular complexity index is 284. The van der Waals surface area contributed by atoms with Gasteiger partial charge in [0.2, 0.25) is 0 Å². The monoisotopic (exact) mass is 206 g/mol. The van der Waals surface area contributed by atoms with Crippen molar-refractivity contribution in [3.8, 4) is 0 Å². The number of hydrogen-bond donors (Lipinski definition) is 1. The normalized spacial score (nSPS) is 16.1. The first-order valence-corrected chi connectivity index (χ1v) is 5.64. The number of aliphatic hydroxyl groups is 1. The summed E-state index contributed by atoms with van der Waals surface area (Å²) in [5, 5.41) is 10.0. The Morgan fingerprint density at radius 2 is 1.67 bits per heavy atom. The maximum atomic E-state index is 10.0. The molecular formula is C14H22O. The molecule has 2 atom stereocenters. The first kappa shape index (κ1) is 12.3. The molecule has 0 bridgehead atoms. The molecule has 1 N–H and O–H groups in total. The Morgan fingerprint density at radius 3 is 2.13 bits per heavy atom. The second-order valence-corrected chi connectivity index (χ2v) is 5.43. The van der Waals surface area contributed by atoms with Crippen molar-refractivity contribution >= 4 is 0 Å². The SMILES string of the molecule is C[C@@H](C[C@H](O)C(C)(C)C)c1ccccc1. The standard InChI is InChI=1S/C14H22O/c1-11(10-13(15)14(2,3)4)12-8-6-5-7-9-12/h5-9,11,13,15H,10H2,1-4H3/t11-,13-/m0/s1. The van der Waals surface area contributed by atoms with Gasteiger partial charge in [0.25, 0.3) is 0 Å². The number of aliphatic hydroxyl groups excluding tert-OH is 1. The molecule has 0 saturated carbocycles. The highest BCUT2D eigenvalue weighted by Crippen LogP contribution is 2.28. The van der Waals surface area contributed by atoms with Crippen LogP contribution in [0.4, 0.5) is 0 Å². The second-order valence-electron chi connectivity index (χ2n) is 5.43. The summed E-state index contributed by atoms with van der Waals surface area (Å²) >= 11 is 0. The fourth-order valence-electron chi connectivity index (χ4n) is 1.61. The van der Waals surface area contributed by atoms with E-state index < -0.39 is 0 Å². The third-order valence-electron chi connectivity index (χ3n) is 2.95. The molecule has 0 aliphatic rings. The van der Waals surface area contributed by atoms with E-state index in [-0.39, 0.29) is 11.5 Å². The van der Waals surface area contributed by atoms with Gasteiger partial charge in [-0.15, -0.1) is 0 Å². The van der Waals surface area contributed by atoms with Crippen LogP contribution >= 0.6 is 0 Å². The number of benzene rings is 1. The lowest BCUT2D eigenvalue weighted by Gasteiger charge is -2.28. The van der Waals surface area contributed by atoms with Crippen LogP contribution in [-0.4, -0.2) is 11.2 Å². The minimum Gasteiger partial charge on any atom is -0.393 e. The average molecular weight is 206 g/mol. The molecule has 1 aromatic rings. The van der Waals surface area contributed by atoms with Crippen LogP contribution in [0.5, 0.6) is 0 Å². The van der Waals surface area contributed by atoms with E-state index >= 15 is 0 Å². The van der Waals surface area contributed by atoms with E-state index in [9.17, 15) is 5.11 Å². The predicted octanol–water partition coefficient (Wildman–Crippen LogP) is 3.59. The van der Waals surface area contributed by atoms with Crippen molar-refractivity contribution in [2.45, 2.75) is 46.1 Å². The Balaban J connectivity index is 2.61. The zero-order valence-electron chi connectivity index (χ0n) is 10.2. The first-order valence-electron chi connectivity index (χ1n) is 5.64. The predicted molar refractivity (Wildman–Crippen MR) is 64.9 cm³/mol. The minimum absolute atomic E-state index is 0.0248. The van der Waals surface area contributed by atoms with E-state index in [0.717, 1.165) is 6.42 Å². The summed E-state index contributed by atoms with van der Waals surface area (Å²) in [6, 6.07) is 10.4. The maximum Gasteiger partial charge on any atom is 0.0594 e. The van der Waals surface area contributed by atoms with Crippen molar-refractivity contribution < 1.29 is 5.11 Å². The van der Waals surface area contributed by atoms with Gasteiger partial charge in [-0.05, 0) is 23.3 Å². The summed E-state index contributed by atoms with van der Waals surface area (Å²) in [5.41, 5.74) is 1.28. The number of rotatable bonds is 3. The van der Waals surface area contributed by atoms with Gasteiger partial charge in [-0.3, -0.25) is 0 Å². The van der Waals surface area contributed by atoms with Crippen molar-refractivity contribution in [2.75, 3.05) is 0 Å². The van der Waals surface area contributed by atoms with Gasteiger partial charge >= 0.3 is 0 Å². The molecule has 1 rings (SSSR count). The van der Waals surface area contributed by atoms with Crippen LogP contribution in [0.3, 0.4) is 0 Å². The van der Waals surface area contributed by atoms with Gasteiger partial charge in [-0.2, -0.15) is 0 Å². The minimum atomic E-state index is -0.243. The highest BCUT2D eigenvalue weighted by Gasteiger charge is 2.24. The molecule has 15 heavy (non-hydrogen) atoms. The van der Waals surface area contributed by atoms with Gasteiger partial charge in [0.15, 0.2) is 0 Å². The summed E-state index contributed by atoms with van der Waals surface area (Å²) < 4.78 is 0. The summed E-state index contributed by atoms with van der Waals surface area (Å²) in [4.78, 5) is 0. The van der Waals surface area contributed by atoms with Gasteiger partial charge in [-0.25, -0.2) is 0 Å². The van der Waals surface area contributed by atoms with Crippen molar-refractivity contribution in [1.29, 1.82) is 0 Å². The van der Waals surface area contributed by atoms with Gasteiger partial charge in [-0.1, -0.05) is 58.0 Å². The Morgan fingerprint density at radius 1 is 1.13 bits per heavy atom. The van der Waals surface area contributed by atoms with Crippen LogP contribution in [-0.2, 0) is 0 Å². The molecule has 1 heteroatoms. The van der Waals surface area contributed by atoms with Gasteiger partial charge < -0.3 is 5.11 Å². The Labute approximate surface area is 93.1 Å². The molecule has 0 fully saturated rings. The molecule has 1 nitrogen and oxygen atoms in total. The van der Waals surface area contributed by atoms with E-state index in [1.54, 1.807) is 0 Å². The topological polar surface area (TPSA) is 20.2 Å². The molecule has 0 aliphatic heterocycles. The molecule has 0 unspecified atom stereocenters. The molecule has 0 aliphatic carbocycles. The van der Waals surface area contributed by atoms with Crippen LogP contribution in [0.1, 0.15) is 45.6 Å². The molecule has 0 aromatic heterocycles. The van der Waals surface area contributed by atoms with E-state index in [4.69, 9.17) is 0 Å². The molecule has 0 spiro atoms. The third-order valence-corrected chi connectivity index (χ3v) is 2.95. The summed E-state index contributed by atoms with van der Waals surface area (Å²) in [7, 11) is 0. The van der Waals surface area contributed by atoms with Gasteiger partial charge in [0, 0.05) is 0 Å². The van der Waals surface area contributed by atoms with Crippen molar-refractivity contribution in [2.24, 2.45) is 5.41 Å². The van der Waals surface area contributed by atoms with Gasteiger partial charge in [0.05, 0.1) is 6.10 Å². The highest BCUT2D eigenvalue weighted by atomic mass is 16.3. The van der Waals surface area contributed by atoms with Crippen molar-refractivity contribution in [3.05, 3.63) is 35.9 Å². The average Bonchev–Trinajstić information content (AvgIpc) is 2.17. The second kappa shape index (κ2) is 4.80. The number of hydrogen-bond acceptors (Lipinski definition) is 1. The molecule has 84 valence electrons.